The van der Waals surface area contributed by atoms with Crippen LogP contribution in [0, 0.1) is 13.8 Å². The Kier molecular flexibility index (Phi) is 6.14. The summed E-state index contributed by atoms with van der Waals surface area (Å²) in [5.74, 6) is 0.901. The van der Waals surface area contributed by atoms with Crippen molar-refractivity contribution < 1.29 is 22.7 Å². The molecule has 1 aliphatic heterocycles. The fourth-order valence-corrected chi connectivity index (χ4v) is 4.96. The van der Waals surface area contributed by atoms with Crippen molar-refractivity contribution in [3.05, 3.63) is 53.1 Å². The normalized spacial score (nSPS) is 15.2. The number of aryl methyl sites for hydroxylation is 2. The second-order valence-electron chi connectivity index (χ2n) is 7.01. The van der Waals surface area contributed by atoms with Crippen molar-refractivity contribution in [1.29, 1.82) is 0 Å². The van der Waals surface area contributed by atoms with Crippen LogP contribution in [0.3, 0.4) is 0 Å². The number of rotatable bonds is 5. The van der Waals surface area contributed by atoms with Crippen LogP contribution in [0.15, 0.2) is 41.3 Å². The minimum absolute atomic E-state index is 0.117. The van der Waals surface area contributed by atoms with Gasteiger partial charge in [-0.15, -0.1) is 0 Å². The van der Waals surface area contributed by atoms with Gasteiger partial charge < -0.3 is 14.4 Å². The first kappa shape index (κ1) is 21.1. The Morgan fingerprint density at radius 2 is 1.48 bits per heavy atom. The predicted octanol–water partition coefficient (Wildman–Crippen LogP) is 2.47. The molecule has 0 unspecified atom stereocenters. The van der Waals surface area contributed by atoms with Gasteiger partial charge in [0.1, 0.15) is 16.4 Å². The molecule has 1 aliphatic rings. The standard InChI is InChI=1S/C21H26N2O5S/c1-15-13-19(28-4)20(14-16(15)2)29(25,26)23-11-9-22(10-12-23)21(24)17-5-7-18(27-3)8-6-17/h5-8,13-14H,9-12H2,1-4H3. The Labute approximate surface area is 171 Å². The molecule has 2 aromatic carbocycles. The lowest BCUT2D eigenvalue weighted by atomic mass is 10.1. The molecule has 1 fully saturated rings. The molecule has 0 atom stereocenters. The topological polar surface area (TPSA) is 76.2 Å². The molecule has 0 spiro atoms. The average Bonchev–Trinajstić information content (AvgIpc) is 2.74. The SMILES string of the molecule is COc1ccc(C(=O)N2CCN(S(=O)(=O)c3cc(C)c(C)cc3OC)CC2)cc1. The van der Waals surface area contributed by atoms with Gasteiger partial charge in [-0.2, -0.15) is 4.31 Å². The van der Waals surface area contributed by atoms with Gasteiger partial charge in [-0.1, -0.05) is 0 Å². The summed E-state index contributed by atoms with van der Waals surface area (Å²) < 4.78 is 38.2. The lowest BCUT2D eigenvalue weighted by Crippen LogP contribution is -2.50. The predicted molar refractivity (Wildman–Crippen MR) is 110 cm³/mol. The van der Waals surface area contributed by atoms with E-state index in [-0.39, 0.29) is 23.9 Å². The van der Waals surface area contributed by atoms with Gasteiger partial charge in [0, 0.05) is 31.7 Å². The number of nitrogens with zero attached hydrogens (tertiary/aromatic N) is 2. The van der Waals surface area contributed by atoms with Crippen LogP contribution in [0.1, 0.15) is 21.5 Å². The maximum absolute atomic E-state index is 13.2. The molecule has 1 heterocycles. The van der Waals surface area contributed by atoms with Crippen LogP contribution in [0.4, 0.5) is 0 Å². The minimum atomic E-state index is -3.71. The van der Waals surface area contributed by atoms with Crippen LogP contribution >= 0.6 is 0 Å². The van der Waals surface area contributed by atoms with Gasteiger partial charge in [0.2, 0.25) is 10.0 Å². The number of benzene rings is 2. The van der Waals surface area contributed by atoms with Crippen LogP contribution in [-0.2, 0) is 10.0 Å². The Bertz CT molecular complexity index is 994. The summed E-state index contributed by atoms with van der Waals surface area (Å²) in [6, 6.07) is 10.3. The Balaban J connectivity index is 1.74. The summed E-state index contributed by atoms with van der Waals surface area (Å²) in [5.41, 5.74) is 2.41. The van der Waals surface area contributed by atoms with E-state index in [9.17, 15) is 13.2 Å². The zero-order valence-corrected chi connectivity index (χ0v) is 18.0. The van der Waals surface area contributed by atoms with E-state index >= 15 is 0 Å². The molecule has 0 aliphatic carbocycles. The van der Waals surface area contributed by atoms with E-state index in [1.54, 1.807) is 48.4 Å². The van der Waals surface area contributed by atoms with Crippen molar-refractivity contribution in [3.8, 4) is 11.5 Å². The third-order valence-electron chi connectivity index (χ3n) is 5.26. The number of ether oxygens (including phenoxy) is 2. The van der Waals surface area contributed by atoms with Crippen molar-refractivity contribution in [1.82, 2.24) is 9.21 Å². The molecule has 3 rings (SSSR count). The van der Waals surface area contributed by atoms with Crippen LogP contribution in [0.2, 0.25) is 0 Å². The zero-order chi connectivity index (χ0) is 21.2. The van der Waals surface area contributed by atoms with Gasteiger partial charge in [0.15, 0.2) is 0 Å². The molecule has 0 bridgehead atoms. The fraction of sp³-hybridized carbons (Fsp3) is 0.381. The first-order valence-corrected chi connectivity index (χ1v) is 10.8. The van der Waals surface area contributed by atoms with E-state index in [2.05, 4.69) is 0 Å². The van der Waals surface area contributed by atoms with E-state index in [1.165, 1.54) is 11.4 Å². The van der Waals surface area contributed by atoms with E-state index in [4.69, 9.17) is 9.47 Å². The van der Waals surface area contributed by atoms with Crippen LogP contribution < -0.4 is 9.47 Å². The number of methoxy groups -OCH3 is 2. The third-order valence-corrected chi connectivity index (χ3v) is 7.18. The molecule has 1 amide bonds. The van der Waals surface area contributed by atoms with Crippen LogP contribution in [0.5, 0.6) is 11.5 Å². The number of hydrogen-bond donors (Lipinski definition) is 0. The fourth-order valence-electron chi connectivity index (χ4n) is 3.31. The maximum atomic E-state index is 13.2. The number of sulfonamides is 1. The van der Waals surface area contributed by atoms with Gasteiger partial charge >= 0.3 is 0 Å². The molecular formula is C21H26N2O5S. The smallest absolute Gasteiger partial charge is 0.253 e. The second-order valence-corrected chi connectivity index (χ2v) is 8.92. The van der Waals surface area contributed by atoms with Crippen molar-refractivity contribution in [2.24, 2.45) is 0 Å². The molecule has 29 heavy (non-hydrogen) atoms. The van der Waals surface area contributed by atoms with Gasteiger partial charge in [0.05, 0.1) is 14.2 Å². The third kappa shape index (κ3) is 4.23. The van der Waals surface area contributed by atoms with E-state index < -0.39 is 10.0 Å². The number of amides is 1. The Hall–Kier alpha value is -2.58. The Morgan fingerprint density at radius 3 is 2.03 bits per heavy atom. The Morgan fingerprint density at radius 1 is 0.897 bits per heavy atom. The summed E-state index contributed by atoms with van der Waals surface area (Å²) in [4.78, 5) is 14.5. The molecule has 2 aromatic rings. The summed E-state index contributed by atoms with van der Waals surface area (Å²) in [6.07, 6.45) is 0. The molecular weight excluding hydrogens is 392 g/mol. The molecule has 0 aromatic heterocycles. The van der Waals surface area contributed by atoms with Gasteiger partial charge in [-0.05, 0) is 61.4 Å². The highest BCUT2D eigenvalue weighted by Gasteiger charge is 2.32. The first-order chi connectivity index (χ1) is 13.8. The maximum Gasteiger partial charge on any atom is 0.253 e. The molecule has 1 saturated heterocycles. The second kappa shape index (κ2) is 8.42. The van der Waals surface area contributed by atoms with E-state index in [0.717, 1.165) is 11.1 Å². The highest BCUT2D eigenvalue weighted by atomic mass is 32.2. The molecule has 0 radical (unpaired) electrons. The van der Waals surface area contributed by atoms with Gasteiger partial charge in [-0.3, -0.25) is 4.79 Å². The van der Waals surface area contributed by atoms with E-state index in [1.807, 2.05) is 13.8 Å². The van der Waals surface area contributed by atoms with Crippen molar-refractivity contribution in [3.63, 3.8) is 0 Å². The van der Waals surface area contributed by atoms with Crippen LogP contribution in [0.25, 0.3) is 0 Å². The monoisotopic (exact) mass is 418 g/mol. The van der Waals surface area contributed by atoms with Crippen molar-refractivity contribution in [2.45, 2.75) is 18.7 Å². The lowest BCUT2D eigenvalue weighted by Gasteiger charge is -2.34. The zero-order valence-electron chi connectivity index (χ0n) is 17.1. The quantitative estimate of drug-likeness (QED) is 0.746. The molecule has 7 nitrogen and oxygen atoms in total. The summed E-state index contributed by atoms with van der Waals surface area (Å²) in [5, 5.41) is 0. The molecule has 0 saturated carbocycles. The van der Waals surface area contributed by atoms with Crippen molar-refractivity contribution in [2.75, 3.05) is 40.4 Å². The average molecular weight is 419 g/mol. The number of carbonyl (C=O) groups excluding carboxylic acids is 1. The molecule has 0 N–H and O–H groups in total. The van der Waals surface area contributed by atoms with Gasteiger partial charge in [0.25, 0.3) is 5.91 Å². The molecule has 8 heteroatoms. The highest BCUT2D eigenvalue weighted by Crippen LogP contribution is 2.30. The number of carbonyl (C=O) groups is 1. The number of piperazine rings is 1. The largest absolute Gasteiger partial charge is 0.497 e. The molecule has 156 valence electrons. The summed E-state index contributed by atoms with van der Waals surface area (Å²) in [7, 11) is -0.676. The highest BCUT2D eigenvalue weighted by molar-refractivity contribution is 7.89. The minimum Gasteiger partial charge on any atom is -0.497 e. The van der Waals surface area contributed by atoms with E-state index in [0.29, 0.717) is 30.2 Å². The van der Waals surface area contributed by atoms with Gasteiger partial charge in [-0.25, -0.2) is 8.42 Å². The first-order valence-electron chi connectivity index (χ1n) is 9.36. The number of hydrogen-bond acceptors (Lipinski definition) is 5. The summed E-state index contributed by atoms with van der Waals surface area (Å²) in [6.45, 7) is 4.92. The summed E-state index contributed by atoms with van der Waals surface area (Å²) >= 11 is 0. The van der Waals surface area contributed by atoms with Crippen molar-refractivity contribution >= 4 is 15.9 Å². The lowest BCUT2D eigenvalue weighted by molar-refractivity contribution is 0.0697. The van der Waals surface area contributed by atoms with Crippen LogP contribution in [-0.4, -0.2) is 63.9 Å².